The maximum Gasteiger partial charge on any atom is 0.0726 e. The normalized spacial score (nSPS) is 13.0. The van der Waals surface area contributed by atoms with E-state index in [1.807, 2.05) is 54.6 Å². The van der Waals surface area contributed by atoms with Crippen molar-refractivity contribution >= 4 is 33.0 Å². The Balaban J connectivity index is 0.000000514. The molecule has 2 aliphatic rings. The van der Waals surface area contributed by atoms with Crippen LogP contribution in [0.5, 0.6) is 0 Å². The number of nitrogens with two attached hydrogens (primary N) is 1. The topological polar surface area (TPSA) is 49.9 Å². The van der Waals surface area contributed by atoms with Gasteiger partial charge in [-0.1, -0.05) is 194 Å². The molecule has 0 saturated heterocycles. The summed E-state index contributed by atoms with van der Waals surface area (Å²) < 4.78 is 0. The van der Waals surface area contributed by atoms with Gasteiger partial charge in [0, 0.05) is 5.70 Å². The smallest absolute Gasteiger partial charge is 0.0726 e. The van der Waals surface area contributed by atoms with Crippen LogP contribution in [0.4, 0.5) is 0 Å². The summed E-state index contributed by atoms with van der Waals surface area (Å²) in [7, 11) is 0. The minimum Gasteiger partial charge on any atom is -0.398 e. The molecular weight excluding hydrogens is 689 g/mol. The minimum absolute atomic E-state index is 0.391. The fraction of sp³-hybridized carbons (Fsp3) is 0.0364. The van der Waals surface area contributed by atoms with E-state index in [1.54, 1.807) is 6.08 Å². The molecule has 0 fully saturated rings. The average molecular weight is 729 g/mol. The number of benzene rings is 9. The van der Waals surface area contributed by atoms with Gasteiger partial charge in [-0.25, -0.2) is 0 Å². The van der Waals surface area contributed by atoms with Crippen molar-refractivity contribution in [3.8, 4) is 33.4 Å². The van der Waals surface area contributed by atoms with Gasteiger partial charge in [-0.05, 0) is 113 Å². The number of allylic oxidation sites excluding steroid dienone is 1. The summed E-state index contributed by atoms with van der Waals surface area (Å²) in [5.41, 5.74) is 23.1. The van der Waals surface area contributed by atoms with Crippen molar-refractivity contribution in [2.24, 2.45) is 5.73 Å². The molecule has 2 aliphatic carbocycles. The van der Waals surface area contributed by atoms with Gasteiger partial charge >= 0.3 is 0 Å². The highest BCUT2D eigenvalue weighted by Gasteiger charge is 2.52. The highest BCUT2D eigenvalue weighted by atomic mass is 14.6. The first-order valence-corrected chi connectivity index (χ1v) is 19.6. The highest BCUT2D eigenvalue weighted by Crippen LogP contribution is 2.65. The summed E-state index contributed by atoms with van der Waals surface area (Å²) in [6.07, 6.45) is 1.76. The lowest BCUT2D eigenvalue weighted by Gasteiger charge is -2.31. The first kappa shape index (κ1) is 34.2. The number of hydrogen-bond acceptors (Lipinski definition) is 2. The number of fused-ring (bicyclic) bond motifs is 14. The van der Waals surface area contributed by atoms with Crippen LogP contribution in [0.2, 0.25) is 0 Å². The van der Waals surface area contributed by atoms with E-state index in [2.05, 4.69) is 153 Å². The van der Waals surface area contributed by atoms with Gasteiger partial charge in [0.2, 0.25) is 0 Å². The third-order valence-electron chi connectivity index (χ3n) is 11.8. The monoisotopic (exact) mass is 728 g/mol. The second-order valence-corrected chi connectivity index (χ2v) is 15.1. The molecule has 1 spiro atoms. The standard InChI is InChI=1S/C48H32N2.C7H8/c49-44(31-14-2-1-3-15-31)29-45(50)33-17-12-16-32(27-33)39-28-43-47(38-22-7-6-19-35(38)39)46-34-18-5-4-13-30(34)25-26-42(46)48(43)40-23-10-8-20-36(40)37-21-9-11-24-41(37)48;1-7-5-3-2-4-6-7/h1-29,49H,50H2;2-6H,1H3/b45-29-,49-44?;. The zero-order valence-corrected chi connectivity index (χ0v) is 31.7. The van der Waals surface area contributed by atoms with Crippen LogP contribution in [0, 0.1) is 12.3 Å². The van der Waals surface area contributed by atoms with E-state index in [0.717, 1.165) is 16.7 Å². The Morgan fingerprint density at radius 1 is 0.456 bits per heavy atom. The molecule has 2 nitrogen and oxygen atoms in total. The van der Waals surface area contributed by atoms with E-state index in [9.17, 15) is 0 Å². The van der Waals surface area contributed by atoms with Crippen LogP contribution in [-0.4, -0.2) is 5.71 Å². The second-order valence-electron chi connectivity index (χ2n) is 15.1. The summed E-state index contributed by atoms with van der Waals surface area (Å²) in [6, 6.07) is 71.3. The first-order chi connectivity index (χ1) is 28.0. The Kier molecular flexibility index (Phi) is 8.27. The van der Waals surface area contributed by atoms with Crippen LogP contribution in [-0.2, 0) is 5.41 Å². The van der Waals surface area contributed by atoms with Crippen molar-refractivity contribution in [1.82, 2.24) is 0 Å². The number of hydrogen-bond donors (Lipinski definition) is 2. The lowest BCUT2D eigenvalue weighted by Crippen LogP contribution is -2.26. The van der Waals surface area contributed by atoms with E-state index < -0.39 is 5.41 Å². The Morgan fingerprint density at radius 2 is 1.02 bits per heavy atom. The van der Waals surface area contributed by atoms with E-state index in [0.29, 0.717) is 11.4 Å². The second kappa shape index (κ2) is 13.8. The van der Waals surface area contributed by atoms with E-state index in [-0.39, 0.29) is 0 Å². The predicted octanol–water partition coefficient (Wildman–Crippen LogP) is 13.4. The molecule has 3 N–H and O–H groups in total. The summed E-state index contributed by atoms with van der Waals surface area (Å²) >= 11 is 0. The quantitative estimate of drug-likeness (QED) is 0.174. The molecule has 0 bridgehead atoms. The molecule has 2 heteroatoms. The predicted molar refractivity (Wildman–Crippen MR) is 240 cm³/mol. The van der Waals surface area contributed by atoms with E-state index in [1.165, 1.54) is 77.2 Å². The molecule has 0 amide bonds. The highest BCUT2D eigenvalue weighted by molar-refractivity contribution is 6.16. The Bertz CT molecular complexity index is 3000. The van der Waals surface area contributed by atoms with Gasteiger partial charge in [0.25, 0.3) is 0 Å². The molecule has 9 aromatic rings. The SMILES string of the molecule is Cc1ccccc1.N=C(/C=C(\N)c1cccc(-c2cc3c(c4ccccc24)-c2c(ccc4ccccc24)C32c3ccccc3-c3ccccc32)c1)c1ccccc1. The molecule has 0 heterocycles. The van der Waals surface area contributed by atoms with Crippen LogP contribution < -0.4 is 5.73 Å². The van der Waals surface area contributed by atoms with Crippen molar-refractivity contribution in [3.63, 3.8) is 0 Å². The lowest BCUT2D eigenvalue weighted by atomic mass is 9.70. The molecule has 9 aromatic carbocycles. The largest absolute Gasteiger partial charge is 0.398 e. The third kappa shape index (κ3) is 5.44. The summed E-state index contributed by atoms with van der Waals surface area (Å²) in [5, 5.41) is 13.7. The molecule has 11 rings (SSSR count). The molecule has 270 valence electrons. The number of aryl methyl sites for hydroxylation is 1. The zero-order chi connectivity index (χ0) is 38.5. The van der Waals surface area contributed by atoms with Crippen LogP contribution in [0.25, 0.3) is 60.6 Å². The van der Waals surface area contributed by atoms with Crippen LogP contribution in [0.1, 0.15) is 38.9 Å². The minimum atomic E-state index is -0.470. The Labute approximate surface area is 333 Å². The van der Waals surface area contributed by atoms with Crippen molar-refractivity contribution in [1.29, 1.82) is 5.41 Å². The number of nitrogens with one attached hydrogen (secondary N) is 1. The molecule has 0 aliphatic heterocycles. The molecular formula is C55H40N2. The average Bonchev–Trinajstić information content (AvgIpc) is 3.75. The van der Waals surface area contributed by atoms with Gasteiger partial charge in [-0.2, -0.15) is 0 Å². The van der Waals surface area contributed by atoms with Gasteiger partial charge in [-0.15, -0.1) is 0 Å². The molecule has 0 aromatic heterocycles. The van der Waals surface area contributed by atoms with E-state index >= 15 is 0 Å². The van der Waals surface area contributed by atoms with Crippen LogP contribution in [0.3, 0.4) is 0 Å². The lowest BCUT2D eigenvalue weighted by molar-refractivity contribution is 0.795. The molecule has 0 unspecified atom stereocenters. The van der Waals surface area contributed by atoms with Crippen molar-refractivity contribution in [2.75, 3.05) is 0 Å². The summed E-state index contributed by atoms with van der Waals surface area (Å²) in [6.45, 7) is 2.08. The molecule has 0 radical (unpaired) electrons. The van der Waals surface area contributed by atoms with Crippen LogP contribution >= 0.6 is 0 Å². The Morgan fingerprint density at radius 3 is 1.70 bits per heavy atom. The first-order valence-electron chi connectivity index (χ1n) is 19.6. The summed E-state index contributed by atoms with van der Waals surface area (Å²) in [4.78, 5) is 0. The fourth-order valence-electron chi connectivity index (χ4n) is 9.33. The summed E-state index contributed by atoms with van der Waals surface area (Å²) in [5.74, 6) is 0. The van der Waals surface area contributed by atoms with Gasteiger partial charge in [0.15, 0.2) is 0 Å². The van der Waals surface area contributed by atoms with Gasteiger partial charge in [-0.3, -0.25) is 0 Å². The molecule has 57 heavy (non-hydrogen) atoms. The fourth-order valence-corrected chi connectivity index (χ4v) is 9.33. The molecule has 0 atom stereocenters. The zero-order valence-electron chi connectivity index (χ0n) is 31.7. The maximum absolute atomic E-state index is 8.69. The third-order valence-corrected chi connectivity index (χ3v) is 11.8. The van der Waals surface area contributed by atoms with Gasteiger partial charge in [0.1, 0.15) is 0 Å². The van der Waals surface area contributed by atoms with E-state index in [4.69, 9.17) is 11.1 Å². The Hall–Kier alpha value is -7.29. The van der Waals surface area contributed by atoms with Gasteiger partial charge in [0.05, 0.1) is 11.1 Å². The number of rotatable bonds is 4. The maximum atomic E-state index is 8.69. The van der Waals surface area contributed by atoms with Crippen LogP contribution in [0.15, 0.2) is 206 Å². The van der Waals surface area contributed by atoms with Gasteiger partial charge < -0.3 is 11.1 Å². The van der Waals surface area contributed by atoms with Crippen molar-refractivity contribution in [2.45, 2.75) is 12.3 Å². The van der Waals surface area contributed by atoms with Crippen molar-refractivity contribution < 1.29 is 0 Å². The molecule has 0 saturated carbocycles. The van der Waals surface area contributed by atoms with Crippen molar-refractivity contribution in [3.05, 3.63) is 245 Å².